The van der Waals surface area contributed by atoms with Gasteiger partial charge in [0.1, 0.15) is 26.7 Å². The van der Waals surface area contributed by atoms with Crippen LogP contribution in [-0.2, 0) is 47.1 Å². The van der Waals surface area contributed by atoms with Crippen LogP contribution in [0, 0.1) is 36.5 Å². The molecule has 0 radical (unpaired) electrons. The smallest absolute Gasteiger partial charge is 0.317 e. The number of carbonyl (C=O) groups is 2. The zero-order valence-electron chi connectivity index (χ0n) is 52.1. The summed E-state index contributed by atoms with van der Waals surface area (Å²) in [7, 11) is -4.73. The Morgan fingerprint density at radius 2 is 1.13 bits per heavy atom. The quantitative estimate of drug-likeness (QED) is 0.0275. The summed E-state index contributed by atoms with van der Waals surface area (Å²) in [5.41, 5.74) is 4.41. The molecular formula is C60H88N10O12SSi2. The minimum absolute atomic E-state index is 0.00148. The zero-order valence-corrected chi connectivity index (χ0v) is 54.9. The third kappa shape index (κ3) is 20.6. The number of rotatable bonds is 27. The van der Waals surface area contributed by atoms with Crippen molar-refractivity contribution in [2.45, 2.75) is 150 Å². The minimum atomic E-state index is -3.62. The van der Waals surface area contributed by atoms with E-state index in [0.29, 0.717) is 79.8 Å². The van der Waals surface area contributed by atoms with Gasteiger partial charge in [0.25, 0.3) is 0 Å². The highest BCUT2D eigenvalue weighted by molar-refractivity contribution is 7.90. The van der Waals surface area contributed by atoms with Crippen molar-refractivity contribution in [1.29, 1.82) is 0 Å². The Labute approximate surface area is 502 Å². The predicted octanol–water partition coefficient (Wildman–Crippen LogP) is 10.5. The average molecular weight is 1230 g/mol. The summed E-state index contributed by atoms with van der Waals surface area (Å²) in [5, 5.41) is 26.6. The molecule has 2 N–H and O–H groups in total. The van der Waals surface area contributed by atoms with Gasteiger partial charge in [0, 0.05) is 101 Å². The van der Waals surface area contributed by atoms with Crippen LogP contribution in [0.3, 0.4) is 0 Å². The highest BCUT2D eigenvalue weighted by Gasteiger charge is 2.31. The normalized spacial score (nSPS) is 14.0. The van der Waals surface area contributed by atoms with E-state index in [-0.39, 0.29) is 36.9 Å². The number of sulfone groups is 1. The second kappa shape index (κ2) is 29.7. The van der Waals surface area contributed by atoms with Crippen molar-refractivity contribution >= 4 is 37.9 Å². The number of aliphatic hydroxyl groups is 1. The van der Waals surface area contributed by atoms with Crippen LogP contribution in [0.1, 0.15) is 77.3 Å². The van der Waals surface area contributed by atoms with Gasteiger partial charge >= 0.3 is 17.9 Å². The summed E-state index contributed by atoms with van der Waals surface area (Å²) in [4.78, 5) is 50.0. The molecule has 6 heterocycles. The Balaban J connectivity index is 0.000000247. The first-order chi connectivity index (χ1) is 39.9. The van der Waals surface area contributed by atoms with E-state index < -0.39 is 42.8 Å². The fraction of sp³-hybridized carbons (Fsp3) is 0.567. The van der Waals surface area contributed by atoms with Crippen LogP contribution in [0.2, 0.25) is 51.4 Å². The highest BCUT2D eigenvalue weighted by atomic mass is 32.2. The summed E-state index contributed by atoms with van der Waals surface area (Å²) < 4.78 is 61.5. The molecule has 6 aromatic rings. The van der Waals surface area contributed by atoms with Gasteiger partial charge < -0.3 is 38.6 Å². The predicted molar refractivity (Wildman–Crippen MR) is 329 cm³/mol. The maximum atomic E-state index is 12.3. The van der Waals surface area contributed by atoms with Crippen molar-refractivity contribution in [3.8, 4) is 63.1 Å². The molecule has 0 unspecified atom stereocenters. The lowest BCUT2D eigenvalue weighted by Gasteiger charge is -2.24. The van der Waals surface area contributed by atoms with E-state index >= 15 is 0 Å². The summed E-state index contributed by atoms with van der Waals surface area (Å²) >= 11 is 0. The molecule has 0 aromatic carbocycles. The van der Waals surface area contributed by atoms with E-state index in [1.807, 2.05) is 26.0 Å². The zero-order chi connectivity index (χ0) is 62.3. The molecule has 85 heavy (non-hydrogen) atoms. The monoisotopic (exact) mass is 1230 g/mol. The van der Waals surface area contributed by atoms with Gasteiger partial charge in [-0.25, -0.2) is 23.1 Å². The number of carboxylic acid groups (broad SMARTS) is 1. The highest BCUT2D eigenvalue weighted by Crippen LogP contribution is 2.31. The van der Waals surface area contributed by atoms with Crippen LogP contribution in [-0.4, -0.2) is 149 Å². The number of ether oxygens (including phenoxy) is 6. The minimum Gasteiger partial charge on any atom is -0.481 e. The Hall–Kier alpha value is -6.52. The van der Waals surface area contributed by atoms with Gasteiger partial charge in [-0.05, 0) is 127 Å². The molecule has 464 valence electrons. The summed E-state index contributed by atoms with van der Waals surface area (Å²) in [6.07, 6.45) is 15.3. The van der Waals surface area contributed by atoms with Crippen molar-refractivity contribution in [2.24, 2.45) is 22.7 Å². The molecular weight excluding hydrogens is 1140 g/mol. The van der Waals surface area contributed by atoms with Crippen LogP contribution in [0.4, 0.5) is 0 Å². The molecule has 2 saturated carbocycles. The van der Waals surface area contributed by atoms with Crippen molar-refractivity contribution in [3.63, 3.8) is 0 Å². The van der Waals surface area contributed by atoms with E-state index in [0.717, 1.165) is 51.9 Å². The number of pyridine rings is 4. The maximum Gasteiger partial charge on any atom is 0.317 e. The number of aliphatic hydroxyl groups excluding tert-OH is 1. The van der Waals surface area contributed by atoms with Crippen LogP contribution >= 0.6 is 0 Å². The second-order valence-corrected chi connectivity index (χ2v) is 38.8. The van der Waals surface area contributed by atoms with Gasteiger partial charge in [-0.15, -0.1) is 10.2 Å². The molecule has 0 bridgehead atoms. The topological polar surface area (TPSA) is 277 Å². The molecule has 0 atom stereocenters. The number of methoxy groups -OCH3 is 1. The standard InChI is InChI=1S/C29H41N5O5Si.C26H37N5O6SSi.C5H10O/c1-20-14-25(39-18-29(2,3)27(35)36)31-16-23(20)24-11-10-22(15-30-24)26-32-28(38-17-21-8-7-9-21)34(33-26)19-37-12-13-40(4,5)6;1-18-13-22(37-16-26(2,3)24(32)35-4)28-15-20(18)21-10-9-19(14-27-21)23-29-25(38(5,33)34)31(30-23)17-36-11-12-39(6,7)8;6-4-5-2-1-3-5/h10-11,14-16,21H,7-9,12-13,17-19H2,1-6H3,(H,35,36);9-10,13-15H,11-12,16-17H2,1-8H3;5-6H,1-4H2. The number of carboxylic acids is 1. The van der Waals surface area contributed by atoms with E-state index in [1.54, 1.807) is 81.4 Å². The molecule has 2 fully saturated rings. The largest absolute Gasteiger partial charge is 0.481 e. The molecule has 22 nitrogen and oxygen atoms in total. The number of hydrogen-bond donors (Lipinski definition) is 2. The van der Waals surface area contributed by atoms with E-state index in [9.17, 15) is 23.1 Å². The van der Waals surface area contributed by atoms with Crippen molar-refractivity contribution in [3.05, 3.63) is 72.3 Å². The molecule has 0 amide bonds. The summed E-state index contributed by atoms with van der Waals surface area (Å²) in [6, 6.07) is 13.5. The Morgan fingerprint density at radius 1 is 0.659 bits per heavy atom. The number of aryl methyl sites for hydroxylation is 2. The number of hydrogen-bond acceptors (Lipinski definition) is 19. The third-order valence-electron chi connectivity index (χ3n) is 14.4. The first kappa shape index (κ1) is 67.6. The fourth-order valence-electron chi connectivity index (χ4n) is 8.07. The molecule has 0 aliphatic heterocycles. The van der Waals surface area contributed by atoms with E-state index in [1.165, 1.54) is 50.3 Å². The van der Waals surface area contributed by atoms with Crippen molar-refractivity contribution < 1.29 is 56.6 Å². The number of esters is 1. The number of carbonyl (C=O) groups excluding carboxylic acids is 1. The van der Waals surface area contributed by atoms with Gasteiger partial charge in [0.15, 0.2) is 11.6 Å². The average Bonchev–Trinajstić information content (AvgIpc) is 3.91. The molecule has 2 aliphatic carbocycles. The molecule has 6 aromatic heterocycles. The Kier molecular flexibility index (Phi) is 23.6. The molecule has 2 aliphatic rings. The number of nitrogens with zero attached hydrogens (tertiary/aromatic N) is 10. The third-order valence-corrected chi connectivity index (χ3v) is 18.8. The first-order valence-electron chi connectivity index (χ1n) is 28.9. The lowest BCUT2D eigenvalue weighted by molar-refractivity contribution is -0.152. The molecule has 0 spiro atoms. The van der Waals surface area contributed by atoms with Crippen LogP contribution < -0.4 is 14.2 Å². The molecule has 0 saturated heterocycles. The van der Waals surface area contributed by atoms with Gasteiger partial charge in [0.05, 0.1) is 35.9 Å². The molecule has 25 heteroatoms. The summed E-state index contributed by atoms with van der Waals surface area (Å²) in [6.45, 7) is 27.0. The summed E-state index contributed by atoms with van der Waals surface area (Å²) in [5.74, 6) is 1.52. The lowest BCUT2D eigenvalue weighted by Crippen LogP contribution is -2.32. The van der Waals surface area contributed by atoms with Gasteiger partial charge in [-0.1, -0.05) is 52.1 Å². The first-order valence-corrected chi connectivity index (χ1v) is 38.2. The van der Waals surface area contributed by atoms with Crippen molar-refractivity contribution in [2.75, 3.05) is 53.0 Å². The van der Waals surface area contributed by atoms with Crippen LogP contribution in [0.5, 0.6) is 17.8 Å². The maximum absolute atomic E-state index is 12.3. The van der Waals surface area contributed by atoms with Crippen molar-refractivity contribution in [1.82, 2.24) is 49.5 Å². The Bertz CT molecular complexity index is 3260. The Morgan fingerprint density at radius 3 is 1.52 bits per heavy atom. The second-order valence-electron chi connectivity index (χ2n) is 25.7. The van der Waals surface area contributed by atoms with Gasteiger partial charge in [0.2, 0.25) is 26.8 Å². The van der Waals surface area contributed by atoms with Crippen LogP contribution in [0.25, 0.3) is 45.3 Å². The number of aromatic nitrogens is 10. The fourth-order valence-corrected chi connectivity index (χ4v) is 10.3. The molecule has 8 rings (SSSR count). The van der Waals surface area contributed by atoms with E-state index in [4.69, 9.17) is 33.5 Å². The van der Waals surface area contributed by atoms with Gasteiger partial charge in [-0.3, -0.25) is 19.6 Å². The lowest BCUT2D eigenvalue weighted by atomic mass is 9.86. The SMILES string of the molecule is COC(=O)C(C)(C)COc1cc(C)c(-c2ccc(-c3nc(S(C)(=O)=O)n(COCC[Si](C)(C)C)n3)cn2)cn1.Cc1cc(OCC(C)(C)C(=O)O)ncc1-c1ccc(-c2nc(OCC3CCC3)n(COCC[Si](C)(C)C)n2)cn1.OCC1CCC1. The van der Waals surface area contributed by atoms with Crippen LogP contribution in [0.15, 0.2) is 66.3 Å². The van der Waals surface area contributed by atoms with Gasteiger partial charge in [-0.2, -0.15) is 14.6 Å². The van der Waals surface area contributed by atoms with E-state index in [2.05, 4.69) is 79.4 Å². The number of aliphatic carboxylic acids is 1.